The van der Waals surface area contributed by atoms with Gasteiger partial charge in [0.2, 0.25) is 0 Å². The van der Waals surface area contributed by atoms with Crippen LogP contribution in [0.2, 0.25) is 0 Å². The van der Waals surface area contributed by atoms with Gasteiger partial charge in [0, 0.05) is 38.7 Å². The van der Waals surface area contributed by atoms with E-state index in [2.05, 4.69) is 30.6 Å². The molecule has 0 unspecified atom stereocenters. The summed E-state index contributed by atoms with van der Waals surface area (Å²) in [4.78, 5) is 10.3. The zero-order chi connectivity index (χ0) is 16.3. The number of hydrogen-bond donors (Lipinski definition) is 1. The van der Waals surface area contributed by atoms with Crippen molar-refractivity contribution in [3.63, 3.8) is 0 Å². The second kappa shape index (κ2) is 21.2. The molecule has 0 rings (SSSR count). The molecule has 0 aromatic heterocycles. The molecule has 0 saturated carbocycles. The van der Waals surface area contributed by atoms with E-state index < -0.39 is 5.97 Å². The molecule has 0 radical (unpaired) electrons. The molecule has 0 aromatic carbocycles. The van der Waals surface area contributed by atoms with E-state index in [1.807, 2.05) is 0 Å². The Morgan fingerprint density at radius 3 is 1.65 bits per heavy atom. The van der Waals surface area contributed by atoms with Gasteiger partial charge in [-0.1, -0.05) is 76.6 Å². The average molecular weight is 370 g/mol. The van der Waals surface area contributed by atoms with Crippen LogP contribution in [0.15, 0.2) is 0 Å². The molecule has 0 amide bonds. The maximum absolute atomic E-state index is 10.3. The summed E-state index contributed by atoms with van der Waals surface area (Å²) in [6.07, 6.45) is 15.8. The molecule has 2 nitrogen and oxygen atoms in total. The number of carboxylic acids is 1. The predicted molar refractivity (Wildman–Crippen MR) is 93.5 cm³/mol. The molecule has 0 aliphatic heterocycles. The van der Waals surface area contributed by atoms with Crippen LogP contribution in [0.25, 0.3) is 0 Å². The molecule has 0 aliphatic rings. The summed E-state index contributed by atoms with van der Waals surface area (Å²) >= 11 is 0. The van der Waals surface area contributed by atoms with Crippen molar-refractivity contribution < 1.29 is 29.4 Å². The van der Waals surface area contributed by atoms with Gasteiger partial charge in [-0.15, -0.1) is 0 Å². The molecule has 0 atom stereocenters. The van der Waals surface area contributed by atoms with E-state index in [0.717, 1.165) is 6.42 Å². The second-order valence-electron chi connectivity index (χ2n) is 5.78. The number of carboxylic acid groups (broad SMARTS) is 1. The van der Waals surface area contributed by atoms with Crippen LogP contribution in [-0.4, -0.2) is 11.1 Å². The van der Waals surface area contributed by atoms with Crippen molar-refractivity contribution in [1.29, 1.82) is 0 Å². The molecule has 0 heterocycles. The third-order valence-electron chi connectivity index (χ3n) is 3.59. The van der Waals surface area contributed by atoms with Crippen molar-refractivity contribution in [3.8, 4) is 23.7 Å². The van der Waals surface area contributed by atoms with Crippen LogP contribution in [0.1, 0.15) is 96.8 Å². The molecule has 0 spiro atoms. The largest absolute Gasteiger partial charge is 0.481 e. The minimum Gasteiger partial charge on any atom is -0.481 e. The number of rotatable bonds is 13. The molecule has 23 heavy (non-hydrogen) atoms. The van der Waals surface area contributed by atoms with Gasteiger partial charge in [0.1, 0.15) is 0 Å². The smallest absolute Gasteiger partial charge is 0.303 e. The Hall–Kier alpha value is -0.787. The molecule has 0 saturated heterocycles. The predicted octanol–water partition coefficient (Wildman–Crippen LogP) is 5.56. The summed E-state index contributed by atoms with van der Waals surface area (Å²) in [7, 11) is 0. The molecular weight excluding hydrogens is 338 g/mol. The monoisotopic (exact) mass is 368 g/mol. The van der Waals surface area contributed by atoms with Gasteiger partial charge in [0.05, 0.1) is 0 Å². The van der Waals surface area contributed by atoms with Crippen molar-refractivity contribution in [3.05, 3.63) is 0 Å². The van der Waals surface area contributed by atoms with E-state index in [0.29, 0.717) is 12.8 Å². The Bertz CT molecular complexity index is 382. The van der Waals surface area contributed by atoms with Crippen LogP contribution in [0.4, 0.5) is 0 Å². The Labute approximate surface area is 156 Å². The van der Waals surface area contributed by atoms with E-state index in [1.165, 1.54) is 64.2 Å². The van der Waals surface area contributed by atoms with Gasteiger partial charge in [-0.05, 0) is 24.7 Å². The standard InChI is InChI=1S/C20H32O2.Zn/c1-2-3-4-5-6-7-8-9-10-11-12-13-14-15-16-17-18-19-20(21)22;/h2-12,17-19H2,1H3,(H,21,22);. The van der Waals surface area contributed by atoms with E-state index in [1.54, 1.807) is 0 Å². The molecule has 0 aliphatic carbocycles. The SMILES string of the molecule is CCCCCCCCCCCCC#CC#CCCCC(=O)O.[Zn]. The summed E-state index contributed by atoms with van der Waals surface area (Å²) in [5.74, 6) is 10.8. The fourth-order valence-electron chi connectivity index (χ4n) is 2.24. The van der Waals surface area contributed by atoms with Crippen molar-refractivity contribution in [2.24, 2.45) is 0 Å². The van der Waals surface area contributed by atoms with E-state index in [-0.39, 0.29) is 25.9 Å². The van der Waals surface area contributed by atoms with Crippen LogP contribution in [-0.2, 0) is 24.3 Å². The van der Waals surface area contributed by atoms with Crippen molar-refractivity contribution in [2.45, 2.75) is 96.8 Å². The zero-order valence-corrected chi connectivity index (χ0v) is 17.9. The quantitative estimate of drug-likeness (QED) is 0.262. The van der Waals surface area contributed by atoms with Gasteiger partial charge in [-0.3, -0.25) is 4.79 Å². The van der Waals surface area contributed by atoms with E-state index in [4.69, 9.17) is 5.11 Å². The summed E-state index contributed by atoms with van der Waals surface area (Å²) in [5.41, 5.74) is 0. The van der Waals surface area contributed by atoms with Crippen molar-refractivity contribution >= 4 is 5.97 Å². The number of hydrogen-bond acceptors (Lipinski definition) is 1. The van der Waals surface area contributed by atoms with E-state index in [9.17, 15) is 4.79 Å². The Balaban J connectivity index is 0. The van der Waals surface area contributed by atoms with Gasteiger partial charge < -0.3 is 5.11 Å². The van der Waals surface area contributed by atoms with Crippen LogP contribution in [0, 0.1) is 23.7 Å². The van der Waals surface area contributed by atoms with Crippen LogP contribution in [0.3, 0.4) is 0 Å². The fourth-order valence-corrected chi connectivity index (χ4v) is 2.24. The minimum absolute atomic E-state index is 0. The van der Waals surface area contributed by atoms with Crippen LogP contribution in [0.5, 0.6) is 0 Å². The molecule has 0 fully saturated rings. The average Bonchev–Trinajstić information content (AvgIpc) is 2.50. The third-order valence-corrected chi connectivity index (χ3v) is 3.59. The number of unbranched alkanes of at least 4 members (excludes halogenated alkanes) is 11. The molecule has 3 heteroatoms. The summed E-state index contributed by atoms with van der Waals surface area (Å²) in [6.45, 7) is 2.26. The molecule has 0 bridgehead atoms. The number of aliphatic carboxylic acids is 1. The molecular formula is C20H32O2Zn. The van der Waals surface area contributed by atoms with Gasteiger partial charge >= 0.3 is 5.97 Å². The molecule has 1 N–H and O–H groups in total. The first kappa shape index (κ1) is 24.5. The zero-order valence-electron chi connectivity index (χ0n) is 15.0. The van der Waals surface area contributed by atoms with Crippen LogP contribution >= 0.6 is 0 Å². The minimum atomic E-state index is -0.756. The normalized spacial score (nSPS) is 9.09. The summed E-state index contributed by atoms with van der Waals surface area (Å²) < 4.78 is 0. The van der Waals surface area contributed by atoms with Crippen LogP contribution < -0.4 is 0 Å². The van der Waals surface area contributed by atoms with Gasteiger partial charge in [-0.2, -0.15) is 0 Å². The first-order chi connectivity index (χ1) is 10.8. The Kier molecular flexibility index (Phi) is 22.6. The second-order valence-corrected chi connectivity index (χ2v) is 5.78. The fraction of sp³-hybridized carbons (Fsp3) is 0.750. The topological polar surface area (TPSA) is 37.3 Å². The van der Waals surface area contributed by atoms with Gasteiger partial charge in [-0.25, -0.2) is 0 Å². The van der Waals surface area contributed by atoms with E-state index >= 15 is 0 Å². The number of carbonyl (C=O) groups is 1. The molecule has 0 aromatic rings. The van der Waals surface area contributed by atoms with Gasteiger partial charge in [0.15, 0.2) is 0 Å². The summed E-state index contributed by atoms with van der Waals surface area (Å²) in [6, 6.07) is 0. The Morgan fingerprint density at radius 1 is 0.739 bits per heavy atom. The van der Waals surface area contributed by atoms with Crippen molar-refractivity contribution in [2.75, 3.05) is 0 Å². The van der Waals surface area contributed by atoms with Gasteiger partial charge in [0.25, 0.3) is 0 Å². The first-order valence-electron chi connectivity index (χ1n) is 8.95. The van der Waals surface area contributed by atoms with Crippen molar-refractivity contribution in [1.82, 2.24) is 0 Å². The Morgan fingerprint density at radius 2 is 1.17 bits per heavy atom. The first-order valence-corrected chi connectivity index (χ1v) is 8.95. The summed E-state index contributed by atoms with van der Waals surface area (Å²) in [5, 5.41) is 8.46. The molecule has 126 valence electrons. The maximum Gasteiger partial charge on any atom is 0.303 e. The maximum atomic E-state index is 10.3. The third kappa shape index (κ3) is 23.6.